The van der Waals surface area contributed by atoms with Gasteiger partial charge >= 0.3 is 0 Å². The first kappa shape index (κ1) is 8.73. The molecule has 70 valence electrons. The summed E-state index contributed by atoms with van der Waals surface area (Å²) in [5, 5.41) is 10.1. The van der Waals surface area contributed by atoms with Crippen molar-refractivity contribution in [1.29, 1.82) is 0 Å². The van der Waals surface area contributed by atoms with Crippen LogP contribution in [0.3, 0.4) is 0 Å². The highest BCUT2D eigenvalue weighted by Crippen LogP contribution is 2.42. The van der Waals surface area contributed by atoms with Crippen molar-refractivity contribution in [2.45, 2.75) is 31.4 Å². The highest BCUT2D eigenvalue weighted by molar-refractivity contribution is 5.33. The molecule has 2 rings (SSSR count). The first-order valence-corrected chi connectivity index (χ1v) is 4.77. The molecular weight excluding hydrogens is 162 g/mol. The molecule has 0 heterocycles. The van der Waals surface area contributed by atoms with Gasteiger partial charge < -0.3 is 10.8 Å². The highest BCUT2D eigenvalue weighted by Gasteiger charge is 2.37. The molecule has 1 aliphatic rings. The molecule has 13 heavy (non-hydrogen) atoms. The molecule has 0 aliphatic heterocycles. The molecule has 0 aromatic heterocycles. The van der Waals surface area contributed by atoms with Crippen LogP contribution in [0.1, 0.15) is 30.4 Å². The van der Waals surface area contributed by atoms with E-state index < -0.39 is 5.60 Å². The Labute approximate surface area is 78.4 Å². The van der Waals surface area contributed by atoms with Crippen molar-refractivity contribution < 1.29 is 5.11 Å². The number of benzene rings is 1. The summed E-state index contributed by atoms with van der Waals surface area (Å²) in [6, 6.07) is 7.91. The number of rotatable bonds is 2. The molecule has 0 bridgehead atoms. The summed E-state index contributed by atoms with van der Waals surface area (Å²) < 4.78 is 0. The molecule has 1 fully saturated rings. The van der Waals surface area contributed by atoms with Crippen LogP contribution in [0, 0.1) is 0 Å². The van der Waals surface area contributed by atoms with Gasteiger partial charge in [0.05, 0.1) is 5.60 Å². The summed E-state index contributed by atoms with van der Waals surface area (Å²) in [7, 11) is 0. The molecule has 2 heteroatoms. The summed E-state index contributed by atoms with van der Waals surface area (Å²) in [6.45, 7) is 0.512. The van der Waals surface area contributed by atoms with Gasteiger partial charge in [-0.05, 0) is 30.4 Å². The van der Waals surface area contributed by atoms with Gasteiger partial charge in [-0.3, -0.25) is 0 Å². The smallest absolute Gasteiger partial charge is 0.0899 e. The normalized spacial score (nSPS) is 19.5. The fraction of sp³-hybridized carbons (Fsp3) is 0.455. The summed E-state index contributed by atoms with van der Waals surface area (Å²) in [4.78, 5) is 0. The van der Waals surface area contributed by atoms with Crippen LogP contribution in [-0.2, 0) is 12.1 Å². The fourth-order valence-electron chi connectivity index (χ4n) is 1.93. The second-order valence-electron chi connectivity index (χ2n) is 3.75. The van der Waals surface area contributed by atoms with Crippen molar-refractivity contribution in [1.82, 2.24) is 0 Å². The van der Waals surface area contributed by atoms with E-state index in [4.69, 9.17) is 5.73 Å². The fourth-order valence-corrected chi connectivity index (χ4v) is 1.93. The van der Waals surface area contributed by atoms with E-state index in [-0.39, 0.29) is 0 Å². The molecule has 0 amide bonds. The van der Waals surface area contributed by atoms with Crippen LogP contribution in [-0.4, -0.2) is 5.11 Å². The third kappa shape index (κ3) is 1.36. The molecule has 0 saturated heterocycles. The zero-order chi connectivity index (χ0) is 9.31. The minimum Gasteiger partial charge on any atom is -0.385 e. The Morgan fingerprint density at radius 2 is 2.00 bits per heavy atom. The maximum absolute atomic E-state index is 10.1. The van der Waals surface area contributed by atoms with Crippen LogP contribution in [0.15, 0.2) is 24.3 Å². The average Bonchev–Trinajstić information content (AvgIpc) is 2.14. The molecule has 1 aliphatic carbocycles. The largest absolute Gasteiger partial charge is 0.385 e. The molecule has 1 saturated carbocycles. The Morgan fingerprint density at radius 1 is 1.31 bits per heavy atom. The third-order valence-corrected chi connectivity index (χ3v) is 2.92. The Morgan fingerprint density at radius 3 is 2.54 bits per heavy atom. The van der Waals surface area contributed by atoms with Gasteiger partial charge in [-0.2, -0.15) is 0 Å². The summed E-state index contributed by atoms with van der Waals surface area (Å²) in [6.07, 6.45) is 2.88. The number of hydrogen-bond acceptors (Lipinski definition) is 2. The quantitative estimate of drug-likeness (QED) is 0.719. The minimum absolute atomic E-state index is 0.512. The van der Waals surface area contributed by atoms with E-state index in [2.05, 4.69) is 0 Å². The molecular formula is C11H15NO. The van der Waals surface area contributed by atoms with Crippen molar-refractivity contribution in [3.05, 3.63) is 35.4 Å². The van der Waals surface area contributed by atoms with Crippen LogP contribution in [0.25, 0.3) is 0 Å². The monoisotopic (exact) mass is 177 g/mol. The minimum atomic E-state index is -0.573. The Hall–Kier alpha value is -0.860. The Kier molecular flexibility index (Phi) is 2.10. The predicted octanol–water partition coefficient (Wildman–Crippen LogP) is 1.52. The molecule has 1 aromatic rings. The van der Waals surface area contributed by atoms with Crippen LogP contribution < -0.4 is 5.73 Å². The van der Waals surface area contributed by atoms with Gasteiger partial charge in [0, 0.05) is 6.54 Å². The maximum atomic E-state index is 10.1. The van der Waals surface area contributed by atoms with Crippen molar-refractivity contribution in [2.24, 2.45) is 5.73 Å². The second kappa shape index (κ2) is 3.13. The van der Waals surface area contributed by atoms with Gasteiger partial charge in [0.25, 0.3) is 0 Å². The van der Waals surface area contributed by atoms with E-state index in [1.807, 2.05) is 24.3 Å². The van der Waals surface area contributed by atoms with Gasteiger partial charge in [0.1, 0.15) is 0 Å². The number of nitrogens with two attached hydrogens (primary N) is 1. The summed E-state index contributed by atoms with van der Waals surface area (Å²) in [5.74, 6) is 0. The van der Waals surface area contributed by atoms with Crippen LogP contribution >= 0.6 is 0 Å². The molecule has 1 aromatic carbocycles. The zero-order valence-electron chi connectivity index (χ0n) is 7.66. The van der Waals surface area contributed by atoms with Gasteiger partial charge in [-0.25, -0.2) is 0 Å². The molecule has 2 nitrogen and oxygen atoms in total. The lowest BCUT2D eigenvalue weighted by atomic mass is 9.73. The van der Waals surface area contributed by atoms with Crippen LogP contribution in [0.5, 0.6) is 0 Å². The third-order valence-electron chi connectivity index (χ3n) is 2.92. The Balaban J connectivity index is 2.38. The average molecular weight is 177 g/mol. The molecule has 0 atom stereocenters. The van der Waals surface area contributed by atoms with Gasteiger partial charge in [0.2, 0.25) is 0 Å². The van der Waals surface area contributed by atoms with Gasteiger partial charge in [-0.15, -0.1) is 0 Å². The number of aliphatic hydroxyl groups is 1. The van der Waals surface area contributed by atoms with E-state index in [0.29, 0.717) is 6.54 Å². The second-order valence-corrected chi connectivity index (χ2v) is 3.75. The predicted molar refractivity (Wildman–Crippen MR) is 52.1 cm³/mol. The topological polar surface area (TPSA) is 46.2 Å². The lowest BCUT2D eigenvalue weighted by molar-refractivity contribution is -0.0395. The number of hydrogen-bond donors (Lipinski definition) is 2. The summed E-state index contributed by atoms with van der Waals surface area (Å²) in [5.41, 5.74) is 7.15. The van der Waals surface area contributed by atoms with E-state index >= 15 is 0 Å². The maximum Gasteiger partial charge on any atom is 0.0899 e. The standard InChI is InChI=1S/C11H15NO/c12-8-9-4-1-2-5-10(9)11(13)6-3-7-11/h1-2,4-5,13H,3,6-8,12H2. The van der Waals surface area contributed by atoms with E-state index in [0.717, 1.165) is 30.4 Å². The lowest BCUT2D eigenvalue weighted by Crippen LogP contribution is -2.34. The van der Waals surface area contributed by atoms with Gasteiger partial charge in [-0.1, -0.05) is 24.3 Å². The van der Waals surface area contributed by atoms with Crippen molar-refractivity contribution >= 4 is 0 Å². The first-order valence-electron chi connectivity index (χ1n) is 4.77. The summed E-state index contributed by atoms with van der Waals surface area (Å²) >= 11 is 0. The molecule has 0 spiro atoms. The zero-order valence-corrected chi connectivity index (χ0v) is 7.66. The van der Waals surface area contributed by atoms with Crippen molar-refractivity contribution in [2.75, 3.05) is 0 Å². The SMILES string of the molecule is NCc1ccccc1C1(O)CCC1. The van der Waals surface area contributed by atoms with E-state index in [1.54, 1.807) is 0 Å². The molecule has 0 radical (unpaired) electrons. The molecule has 3 N–H and O–H groups in total. The first-order chi connectivity index (χ1) is 6.26. The van der Waals surface area contributed by atoms with Gasteiger partial charge in [0.15, 0.2) is 0 Å². The Bertz CT molecular complexity index is 305. The van der Waals surface area contributed by atoms with E-state index in [9.17, 15) is 5.11 Å². The van der Waals surface area contributed by atoms with E-state index in [1.165, 1.54) is 0 Å². The van der Waals surface area contributed by atoms with Crippen LogP contribution in [0.2, 0.25) is 0 Å². The van der Waals surface area contributed by atoms with Crippen molar-refractivity contribution in [3.63, 3.8) is 0 Å². The molecule has 0 unspecified atom stereocenters. The van der Waals surface area contributed by atoms with Crippen LogP contribution in [0.4, 0.5) is 0 Å². The lowest BCUT2D eigenvalue weighted by Gasteiger charge is -2.38. The van der Waals surface area contributed by atoms with Crippen molar-refractivity contribution in [3.8, 4) is 0 Å². The highest BCUT2D eigenvalue weighted by atomic mass is 16.3.